The van der Waals surface area contributed by atoms with Crippen LogP contribution in [0, 0.1) is 0 Å². The Labute approximate surface area is 165 Å². The van der Waals surface area contributed by atoms with Crippen molar-refractivity contribution in [1.82, 2.24) is 29.7 Å². The van der Waals surface area contributed by atoms with Gasteiger partial charge in [0.15, 0.2) is 10.8 Å². The van der Waals surface area contributed by atoms with E-state index in [2.05, 4.69) is 36.2 Å². The summed E-state index contributed by atoms with van der Waals surface area (Å²) in [6, 6.07) is 7.34. The summed E-state index contributed by atoms with van der Waals surface area (Å²) in [5.74, 6) is 0.196. The number of fused-ring (bicyclic) bond motifs is 2. The maximum absolute atomic E-state index is 11.8. The van der Waals surface area contributed by atoms with Crippen LogP contribution < -0.4 is 4.84 Å². The zero-order valence-corrected chi connectivity index (χ0v) is 16.7. The fraction of sp³-hybridized carbons (Fsp3) is 0.188. The van der Waals surface area contributed by atoms with Gasteiger partial charge >= 0.3 is 6.09 Å². The molecule has 11 heteroatoms. The molecule has 0 atom stereocenters. The Morgan fingerprint density at radius 1 is 1.33 bits per heavy atom. The lowest BCUT2D eigenvalue weighted by molar-refractivity contribution is 0.177. The zero-order valence-electron chi connectivity index (χ0n) is 14.2. The highest BCUT2D eigenvalue weighted by Gasteiger charge is 2.25. The minimum atomic E-state index is -1.12. The van der Waals surface area contributed by atoms with Gasteiger partial charge in [0, 0.05) is 5.69 Å². The lowest BCUT2D eigenvalue weighted by atomic mass is 10.3. The number of aromatic nitrogens is 6. The molecule has 27 heavy (non-hydrogen) atoms. The lowest BCUT2D eigenvalue weighted by Crippen LogP contribution is -2.13. The second kappa shape index (κ2) is 6.82. The molecule has 0 aliphatic heterocycles. The van der Waals surface area contributed by atoms with Crippen molar-refractivity contribution in [2.45, 2.75) is 18.5 Å². The molecule has 0 saturated carbocycles. The standard InChI is InChI=1S/C16H13BrN6O3S/c1-3-9-12(17)11-13(22(9)16(24)25)18-15(27-2)19-14(11)26-23-10-7-5-4-6-8(10)20-21-23/h4-7H,3H2,1-2H3,(H,24,25). The van der Waals surface area contributed by atoms with Gasteiger partial charge < -0.3 is 9.94 Å². The molecule has 0 spiro atoms. The van der Waals surface area contributed by atoms with Crippen LogP contribution >= 0.6 is 27.7 Å². The van der Waals surface area contributed by atoms with E-state index < -0.39 is 6.09 Å². The van der Waals surface area contributed by atoms with Crippen LogP contribution in [0.1, 0.15) is 12.6 Å². The highest BCUT2D eigenvalue weighted by Crippen LogP contribution is 2.37. The number of hydrogen-bond donors (Lipinski definition) is 1. The molecule has 0 amide bonds. The van der Waals surface area contributed by atoms with E-state index in [0.29, 0.717) is 38.2 Å². The third-order valence-electron chi connectivity index (χ3n) is 3.99. The van der Waals surface area contributed by atoms with Crippen molar-refractivity contribution in [2.24, 2.45) is 0 Å². The highest BCUT2D eigenvalue weighted by molar-refractivity contribution is 9.10. The summed E-state index contributed by atoms with van der Waals surface area (Å²) < 4.78 is 1.72. The quantitative estimate of drug-likeness (QED) is 0.372. The van der Waals surface area contributed by atoms with Crippen LogP contribution in [0.3, 0.4) is 0 Å². The first-order valence-corrected chi connectivity index (χ1v) is 9.93. The molecule has 9 nitrogen and oxygen atoms in total. The van der Waals surface area contributed by atoms with Gasteiger partial charge in [0.1, 0.15) is 11.0 Å². The SMILES string of the molecule is CCc1c(Br)c2c(On3nnc4ccccc43)nc(SC)nc2n1C(=O)O. The van der Waals surface area contributed by atoms with E-state index in [-0.39, 0.29) is 11.5 Å². The summed E-state index contributed by atoms with van der Waals surface area (Å²) >= 11 is 4.77. The Morgan fingerprint density at radius 3 is 2.81 bits per heavy atom. The first kappa shape index (κ1) is 17.7. The zero-order chi connectivity index (χ0) is 19.1. The van der Waals surface area contributed by atoms with Crippen molar-refractivity contribution in [3.05, 3.63) is 34.4 Å². The third kappa shape index (κ3) is 2.82. The fourth-order valence-corrected chi connectivity index (χ4v) is 3.96. The lowest BCUT2D eigenvalue weighted by Gasteiger charge is -2.07. The van der Waals surface area contributed by atoms with Gasteiger partial charge in [-0.25, -0.2) is 14.3 Å². The minimum Gasteiger partial charge on any atom is -0.464 e. The van der Waals surface area contributed by atoms with Crippen molar-refractivity contribution >= 4 is 55.9 Å². The van der Waals surface area contributed by atoms with Gasteiger partial charge in [-0.2, -0.15) is 4.98 Å². The van der Waals surface area contributed by atoms with Crippen molar-refractivity contribution in [3.63, 3.8) is 0 Å². The van der Waals surface area contributed by atoms with Gasteiger partial charge in [0.25, 0.3) is 5.88 Å². The maximum atomic E-state index is 11.8. The smallest absolute Gasteiger partial charge is 0.417 e. The molecule has 0 fully saturated rings. The van der Waals surface area contributed by atoms with E-state index >= 15 is 0 Å². The molecule has 4 rings (SSSR count). The van der Waals surface area contributed by atoms with Crippen molar-refractivity contribution in [1.29, 1.82) is 0 Å². The molecule has 0 radical (unpaired) electrons. The molecule has 0 unspecified atom stereocenters. The summed E-state index contributed by atoms with van der Waals surface area (Å²) in [6.07, 6.45) is 1.17. The first-order chi connectivity index (χ1) is 13.0. The van der Waals surface area contributed by atoms with E-state index in [1.165, 1.54) is 16.6 Å². The number of para-hydroxylation sites is 1. The van der Waals surface area contributed by atoms with E-state index in [1.807, 2.05) is 31.2 Å². The Morgan fingerprint density at radius 2 is 2.11 bits per heavy atom. The average molecular weight is 449 g/mol. The first-order valence-electron chi connectivity index (χ1n) is 7.92. The number of carboxylic acid groups (broad SMARTS) is 1. The van der Waals surface area contributed by atoms with Crippen LogP contribution in [0.25, 0.3) is 22.1 Å². The number of carbonyl (C=O) groups is 1. The molecule has 1 aromatic carbocycles. The third-order valence-corrected chi connectivity index (χ3v) is 5.40. The van der Waals surface area contributed by atoms with Crippen molar-refractivity contribution in [2.75, 3.05) is 6.26 Å². The highest BCUT2D eigenvalue weighted by atomic mass is 79.9. The topological polar surface area (TPSA) is 108 Å². The summed E-state index contributed by atoms with van der Waals surface area (Å²) in [4.78, 5) is 27.8. The number of hydrogen-bond acceptors (Lipinski definition) is 7. The monoisotopic (exact) mass is 448 g/mol. The van der Waals surface area contributed by atoms with Crippen LogP contribution in [0.4, 0.5) is 4.79 Å². The summed E-state index contributed by atoms with van der Waals surface area (Å²) in [5, 5.41) is 18.6. The second-order valence-electron chi connectivity index (χ2n) is 5.49. The van der Waals surface area contributed by atoms with Gasteiger partial charge in [-0.1, -0.05) is 35.7 Å². The predicted molar refractivity (Wildman–Crippen MR) is 103 cm³/mol. The van der Waals surface area contributed by atoms with E-state index in [1.54, 1.807) is 6.26 Å². The summed E-state index contributed by atoms with van der Waals surface area (Å²) in [6.45, 7) is 1.87. The molecule has 0 aliphatic carbocycles. The number of thioether (sulfide) groups is 1. The van der Waals surface area contributed by atoms with Crippen LogP contribution in [-0.4, -0.2) is 47.1 Å². The van der Waals surface area contributed by atoms with Gasteiger partial charge in [0.05, 0.1) is 9.86 Å². The molecule has 138 valence electrons. The molecular formula is C16H13BrN6O3S. The van der Waals surface area contributed by atoms with E-state index in [4.69, 9.17) is 4.84 Å². The molecular weight excluding hydrogens is 436 g/mol. The predicted octanol–water partition coefficient (Wildman–Crippen LogP) is 3.59. The molecule has 3 aromatic heterocycles. The Kier molecular flexibility index (Phi) is 4.48. The van der Waals surface area contributed by atoms with Gasteiger partial charge in [-0.05, 0) is 46.0 Å². The fourth-order valence-electron chi connectivity index (χ4n) is 2.81. The normalized spacial score (nSPS) is 11.4. The Bertz CT molecular complexity index is 1190. The number of nitrogens with zero attached hydrogens (tertiary/aromatic N) is 6. The maximum Gasteiger partial charge on any atom is 0.417 e. The summed E-state index contributed by atoms with van der Waals surface area (Å²) in [5.41, 5.74) is 2.16. The molecule has 0 bridgehead atoms. The van der Waals surface area contributed by atoms with Crippen LogP contribution in [0.2, 0.25) is 0 Å². The van der Waals surface area contributed by atoms with E-state index in [0.717, 1.165) is 4.57 Å². The summed E-state index contributed by atoms with van der Waals surface area (Å²) in [7, 11) is 0. The Hall–Kier alpha value is -2.66. The number of benzene rings is 1. The van der Waals surface area contributed by atoms with Crippen LogP contribution in [-0.2, 0) is 6.42 Å². The van der Waals surface area contributed by atoms with Crippen molar-refractivity contribution < 1.29 is 14.7 Å². The van der Waals surface area contributed by atoms with E-state index in [9.17, 15) is 9.90 Å². The van der Waals surface area contributed by atoms with Crippen molar-refractivity contribution in [3.8, 4) is 5.88 Å². The molecule has 1 N–H and O–H groups in total. The minimum absolute atomic E-state index is 0.196. The van der Waals surface area contributed by atoms with Gasteiger partial charge in [-0.15, -0.1) is 5.10 Å². The number of halogens is 1. The number of rotatable bonds is 4. The molecule has 3 heterocycles. The Balaban J connectivity index is 1.98. The van der Waals surface area contributed by atoms with Crippen LogP contribution in [0.15, 0.2) is 33.9 Å². The molecule has 0 saturated heterocycles. The molecule has 0 aliphatic rings. The van der Waals surface area contributed by atoms with Gasteiger partial charge in [0.2, 0.25) is 0 Å². The average Bonchev–Trinajstić information content (AvgIpc) is 3.20. The van der Waals surface area contributed by atoms with Crippen LogP contribution in [0.5, 0.6) is 5.88 Å². The second-order valence-corrected chi connectivity index (χ2v) is 7.06. The molecule has 4 aromatic rings. The largest absolute Gasteiger partial charge is 0.464 e. The van der Waals surface area contributed by atoms with Gasteiger partial charge in [-0.3, -0.25) is 0 Å².